The van der Waals surface area contributed by atoms with Crippen molar-refractivity contribution >= 4 is 39.8 Å². The van der Waals surface area contributed by atoms with Crippen molar-refractivity contribution in [2.45, 2.75) is 17.9 Å². The number of carbonyl (C=O) groups excluding carboxylic acids is 1. The Kier molecular flexibility index (Phi) is 6.68. The molecule has 0 aliphatic rings. The van der Waals surface area contributed by atoms with Crippen molar-refractivity contribution in [3.8, 4) is 0 Å². The van der Waals surface area contributed by atoms with Crippen molar-refractivity contribution in [1.29, 1.82) is 0 Å². The third kappa shape index (κ3) is 5.31. The maximum atomic E-state index is 12.0. The summed E-state index contributed by atoms with van der Waals surface area (Å²) in [6.07, 6.45) is 1.64. The molecule has 2 aromatic rings. The van der Waals surface area contributed by atoms with E-state index in [0.717, 1.165) is 15.8 Å². The monoisotopic (exact) mass is 376 g/mol. The average molecular weight is 377 g/mol. The number of amides is 1. The summed E-state index contributed by atoms with van der Waals surface area (Å²) in [6.45, 7) is 1.89. The Labute approximate surface area is 143 Å². The van der Waals surface area contributed by atoms with Crippen LogP contribution in [0.15, 0.2) is 64.2 Å². The fraction of sp³-hybridized carbons (Fsp3) is 0.176. The van der Waals surface area contributed by atoms with Crippen molar-refractivity contribution < 1.29 is 4.79 Å². The first-order chi connectivity index (χ1) is 10.7. The van der Waals surface area contributed by atoms with Gasteiger partial charge < -0.3 is 0 Å². The Morgan fingerprint density at radius 1 is 1.23 bits per heavy atom. The van der Waals surface area contributed by atoms with Gasteiger partial charge in [-0.2, -0.15) is 5.10 Å². The fourth-order valence-electron chi connectivity index (χ4n) is 1.71. The number of nitrogens with one attached hydrogen (secondary N) is 1. The molecule has 0 saturated carbocycles. The zero-order valence-electron chi connectivity index (χ0n) is 12.2. The minimum absolute atomic E-state index is 0.0933. The molecule has 0 heterocycles. The molecule has 1 unspecified atom stereocenters. The van der Waals surface area contributed by atoms with Crippen LogP contribution in [0.3, 0.4) is 0 Å². The van der Waals surface area contributed by atoms with Crippen molar-refractivity contribution in [2.24, 2.45) is 5.10 Å². The van der Waals surface area contributed by atoms with E-state index in [2.05, 4.69) is 38.6 Å². The molecule has 0 aliphatic heterocycles. The summed E-state index contributed by atoms with van der Waals surface area (Å²) in [6, 6.07) is 17.8. The summed E-state index contributed by atoms with van der Waals surface area (Å²) in [5, 5.41) is 3.85. The summed E-state index contributed by atoms with van der Waals surface area (Å²) in [7, 11) is 0. The lowest BCUT2D eigenvalue weighted by molar-refractivity contribution is -0.120. The van der Waals surface area contributed by atoms with Crippen LogP contribution in [0.4, 0.5) is 0 Å². The van der Waals surface area contributed by atoms with E-state index in [9.17, 15) is 4.79 Å². The van der Waals surface area contributed by atoms with Crippen LogP contribution in [0.1, 0.15) is 18.1 Å². The number of benzene rings is 2. The van der Waals surface area contributed by atoms with Gasteiger partial charge in [0, 0.05) is 15.8 Å². The predicted octanol–water partition coefficient (Wildman–Crippen LogP) is 4.22. The SMILES string of the molecule is CC(SCc1ccccc1)C(=O)N/N=C/c1ccccc1Br. The van der Waals surface area contributed by atoms with Gasteiger partial charge in [0.2, 0.25) is 0 Å². The maximum absolute atomic E-state index is 12.0. The summed E-state index contributed by atoms with van der Waals surface area (Å²) < 4.78 is 0.944. The van der Waals surface area contributed by atoms with Gasteiger partial charge in [-0.15, -0.1) is 11.8 Å². The molecule has 0 saturated heterocycles. The molecular weight excluding hydrogens is 360 g/mol. The quantitative estimate of drug-likeness (QED) is 0.605. The molecule has 114 valence electrons. The van der Waals surface area contributed by atoms with Crippen molar-refractivity contribution in [1.82, 2.24) is 5.43 Å². The molecule has 0 aliphatic carbocycles. The number of hydrogen-bond acceptors (Lipinski definition) is 3. The number of thioether (sulfide) groups is 1. The molecule has 0 bridgehead atoms. The first kappa shape index (κ1) is 16.8. The van der Waals surface area contributed by atoms with E-state index in [1.165, 1.54) is 5.56 Å². The summed E-state index contributed by atoms with van der Waals surface area (Å²) in [5.74, 6) is 0.716. The minimum atomic E-state index is -0.156. The van der Waals surface area contributed by atoms with Crippen LogP contribution in [0.5, 0.6) is 0 Å². The first-order valence-corrected chi connectivity index (χ1v) is 8.74. The molecule has 1 atom stereocenters. The van der Waals surface area contributed by atoms with Crippen LogP contribution in [0, 0.1) is 0 Å². The summed E-state index contributed by atoms with van der Waals surface area (Å²) in [5.41, 5.74) is 4.72. The van der Waals surface area contributed by atoms with E-state index < -0.39 is 0 Å². The lowest BCUT2D eigenvalue weighted by atomic mass is 10.2. The number of carbonyl (C=O) groups is 1. The number of rotatable bonds is 6. The van der Waals surface area contributed by atoms with Gasteiger partial charge in [0.1, 0.15) is 0 Å². The van der Waals surface area contributed by atoms with Gasteiger partial charge in [-0.25, -0.2) is 5.43 Å². The standard InChI is InChI=1S/C17H17BrN2OS/c1-13(22-12-14-7-3-2-4-8-14)17(21)20-19-11-15-9-5-6-10-16(15)18/h2-11,13H,12H2,1H3,(H,20,21)/b19-11+. The largest absolute Gasteiger partial charge is 0.272 e. The van der Waals surface area contributed by atoms with Crippen LogP contribution in [0.2, 0.25) is 0 Å². The zero-order chi connectivity index (χ0) is 15.8. The lowest BCUT2D eigenvalue weighted by Gasteiger charge is -2.09. The summed E-state index contributed by atoms with van der Waals surface area (Å²) >= 11 is 5.03. The second-order valence-electron chi connectivity index (χ2n) is 4.69. The van der Waals surface area contributed by atoms with E-state index in [4.69, 9.17) is 0 Å². The molecule has 0 fully saturated rings. The van der Waals surface area contributed by atoms with Crippen molar-refractivity contribution in [3.63, 3.8) is 0 Å². The van der Waals surface area contributed by atoms with E-state index in [-0.39, 0.29) is 11.2 Å². The van der Waals surface area contributed by atoms with Gasteiger partial charge in [-0.1, -0.05) is 64.5 Å². The number of halogens is 1. The predicted molar refractivity (Wildman–Crippen MR) is 97.1 cm³/mol. The first-order valence-electron chi connectivity index (χ1n) is 6.90. The van der Waals surface area contributed by atoms with Gasteiger partial charge >= 0.3 is 0 Å². The van der Waals surface area contributed by atoms with E-state index >= 15 is 0 Å². The highest BCUT2D eigenvalue weighted by Gasteiger charge is 2.12. The molecule has 0 radical (unpaired) electrons. The zero-order valence-corrected chi connectivity index (χ0v) is 14.6. The van der Waals surface area contributed by atoms with Gasteiger partial charge in [-0.05, 0) is 18.6 Å². The molecule has 3 nitrogen and oxygen atoms in total. The normalized spacial score (nSPS) is 12.3. The van der Waals surface area contributed by atoms with Crippen LogP contribution < -0.4 is 5.43 Å². The molecule has 2 aromatic carbocycles. The van der Waals surface area contributed by atoms with Gasteiger partial charge in [0.05, 0.1) is 11.5 Å². The molecule has 22 heavy (non-hydrogen) atoms. The molecular formula is C17H17BrN2OS. The van der Waals surface area contributed by atoms with Crippen LogP contribution in [0.25, 0.3) is 0 Å². The van der Waals surface area contributed by atoms with Gasteiger partial charge in [0.15, 0.2) is 0 Å². The summed E-state index contributed by atoms with van der Waals surface area (Å²) in [4.78, 5) is 12.0. The molecule has 0 spiro atoms. The Morgan fingerprint density at radius 2 is 1.91 bits per heavy atom. The second kappa shape index (κ2) is 8.76. The number of hydrazone groups is 1. The highest BCUT2D eigenvalue weighted by molar-refractivity contribution is 9.10. The Morgan fingerprint density at radius 3 is 2.64 bits per heavy atom. The lowest BCUT2D eigenvalue weighted by Crippen LogP contribution is -2.27. The number of hydrogen-bond donors (Lipinski definition) is 1. The highest BCUT2D eigenvalue weighted by atomic mass is 79.9. The minimum Gasteiger partial charge on any atom is -0.272 e. The van der Waals surface area contributed by atoms with E-state index in [1.54, 1.807) is 18.0 Å². The molecule has 5 heteroatoms. The number of nitrogens with zero attached hydrogens (tertiary/aromatic N) is 1. The smallest absolute Gasteiger partial charge is 0.252 e. The average Bonchev–Trinajstić information content (AvgIpc) is 2.55. The van der Waals surface area contributed by atoms with Crippen molar-refractivity contribution in [3.05, 3.63) is 70.2 Å². The fourth-order valence-corrected chi connectivity index (χ4v) is 2.93. The molecule has 1 N–H and O–H groups in total. The highest BCUT2D eigenvalue weighted by Crippen LogP contribution is 2.17. The van der Waals surface area contributed by atoms with E-state index in [1.807, 2.05) is 49.4 Å². The Bertz CT molecular complexity index is 646. The third-order valence-corrected chi connectivity index (χ3v) is 4.93. The van der Waals surface area contributed by atoms with Crippen molar-refractivity contribution in [2.75, 3.05) is 0 Å². The van der Waals surface area contributed by atoms with E-state index in [0.29, 0.717) is 0 Å². The third-order valence-electron chi connectivity index (χ3n) is 3.00. The second-order valence-corrected chi connectivity index (χ2v) is 6.88. The van der Waals surface area contributed by atoms with Crippen LogP contribution in [-0.4, -0.2) is 17.4 Å². The topological polar surface area (TPSA) is 41.5 Å². The maximum Gasteiger partial charge on any atom is 0.252 e. The Balaban J connectivity index is 1.80. The molecule has 0 aromatic heterocycles. The van der Waals surface area contributed by atoms with Crippen LogP contribution >= 0.6 is 27.7 Å². The van der Waals surface area contributed by atoms with Crippen LogP contribution in [-0.2, 0) is 10.5 Å². The van der Waals surface area contributed by atoms with Gasteiger partial charge in [0.25, 0.3) is 5.91 Å². The van der Waals surface area contributed by atoms with Gasteiger partial charge in [-0.3, -0.25) is 4.79 Å². The molecule has 1 amide bonds. The molecule has 2 rings (SSSR count). The Hall–Kier alpha value is -1.59.